The molecule has 0 fully saturated rings. The second-order valence-corrected chi connectivity index (χ2v) is 13.1. The number of hydrogen-bond acceptors (Lipinski definition) is 8. The van der Waals surface area contributed by atoms with Gasteiger partial charge in [0.25, 0.3) is 20.2 Å². The minimum absolute atomic E-state index is 0.157. The minimum atomic E-state index is -4.12. The van der Waals surface area contributed by atoms with Crippen LogP contribution >= 0.6 is 23.2 Å². The van der Waals surface area contributed by atoms with Crippen molar-refractivity contribution < 1.29 is 35.4 Å². The molecule has 0 radical (unpaired) electrons. The van der Waals surface area contributed by atoms with Crippen LogP contribution < -0.4 is 19.3 Å². The van der Waals surface area contributed by atoms with E-state index < -0.39 is 31.7 Å². The van der Waals surface area contributed by atoms with Gasteiger partial charge in [0.05, 0.1) is 22.9 Å². The summed E-state index contributed by atoms with van der Waals surface area (Å²) in [6.07, 6.45) is 4.72. The number of benzene rings is 2. The summed E-state index contributed by atoms with van der Waals surface area (Å²) in [5.41, 5.74) is 1.36. The second-order valence-electron chi connectivity index (χ2n) is 9.09. The largest absolute Gasteiger partial charge is 0.439 e. The molecule has 1 unspecified atom stereocenters. The number of ether oxygens (including phenoxy) is 2. The Morgan fingerprint density at radius 1 is 0.795 bits per heavy atom. The van der Waals surface area contributed by atoms with Crippen LogP contribution in [0.25, 0.3) is 0 Å². The lowest BCUT2D eigenvalue weighted by Crippen LogP contribution is -2.25. The Morgan fingerprint density at radius 3 is 1.56 bits per heavy atom. The smallest absolute Gasteiger partial charge is 0.264 e. The lowest BCUT2D eigenvalue weighted by Gasteiger charge is -2.21. The molecule has 2 aromatic rings. The Bertz CT molecular complexity index is 1400. The van der Waals surface area contributed by atoms with Gasteiger partial charge in [0, 0.05) is 29.1 Å². The Kier molecular flexibility index (Phi) is 9.04. The van der Waals surface area contributed by atoms with Gasteiger partial charge in [-0.25, -0.2) is 0 Å². The number of hydrogen-bond donors (Lipinski definition) is 2. The van der Waals surface area contributed by atoms with Gasteiger partial charge in [0.2, 0.25) is 0 Å². The third-order valence-corrected chi connectivity index (χ3v) is 8.22. The molecule has 4 rings (SSSR count). The van der Waals surface area contributed by atoms with E-state index in [1.165, 1.54) is 0 Å². The first-order valence-electron chi connectivity index (χ1n) is 12.2. The third-order valence-electron chi connectivity index (χ3n) is 6.14. The quantitative estimate of drug-likeness (QED) is 0.317. The van der Waals surface area contributed by atoms with Crippen molar-refractivity contribution in [3.63, 3.8) is 0 Å². The van der Waals surface area contributed by atoms with E-state index in [-0.39, 0.29) is 31.8 Å². The minimum Gasteiger partial charge on any atom is -0.439 e. The summed E-state index contributed by atoms with van der Waals surface area (Å²) in [4.78, 5) is 3.61. The molecule has 2 aliphatic rings. The summed E-state index contributed by atoms with van der Waals surface area (Å²) in [7, 11) is -8.24. The topological polar surface area (TPSA) is 134 Å². The third kappa shape index (κ3) is 7.80. The van der Waals surface area contributed by atoms with Gasteiger partial charge in [0.1, 0.15) is 0 Å². The number of allylic oxidation sites excluding steroid dienone is 2. The Labute approximate surface area is 237 Å². The first-order chi connectivity index (χ1) is 18.3. The zero-order valence-electron chi connectivity index (χ0n) is 21.0. The number of halogens is 2. The molecule has 0 spiro atoms. The van der Waals surface area contributed by atoms with Gasteiger partial charge < -0.3 is 19.3 Å². The predicted molar refractivity (Wildman–Crippen MR) is 151 cm³/mol. The fraction of sp³-hybridized carbons (Fsp3) is 0.360. The molecule has 2 aromatic carbocycles. The maximum Gasteiger partial charge on any atom is 0.264 e. The molecular formula is C25H28Cl2N2O8S2. The van der Waals surface area contributed by atoms with Crippen LogP contribution in [-0.2, 0) is 20.2 Å². The molecule has 0 aliphatic carbocycles. The van der Waals surface area contributed by atoms with Crippen LogP contribution in [0.4, 0.5) is 11.4 Å². The van der Waals surface area contributed by atoms with Gasteiger partial charge in [-0.3, -0.25) is 9.11 Å². The maximum absolute atomic E-state index is 11.3. The van der Waals surface area contributed by atoms with Crippen molar-refractivity contribution in [1.82, 2.24) is 0 Å². The van der Waals surface area contributed by atoms with Crippen molar-refractivity contribution in [1.29, 1.82) is 0 Å². The van der Waals surface area contributed by atoms with Crippen molar-refractivity contribution in [2.24, 2.45) is 5.92 Å². The van der Waals surface area contributed by atoms with Crippen LogP contribution in [0.1, 0.15) is 26.2 Å². The fourth-order valence-electron chi connectivity index (χ4n) is 4.32. The highest BCUT2D eigenvalue weighted by Gasteiger charge is 2.30. The van der Waals surface area contributed by atoms with Crippen molar-refractivity contribution in [2.45, 2.75) is 26.2 Å². The molecule has 0 saturated carbocycles. The van der Waals surface area contributed by atoms with Crippen LogP contribution in [0.15, 0.2) is 60.3 Å². The number of fused-ring (bicyclic) bond motifs is 2. The van der Waals surface area contributed by atoms with E-state index in [1.807, 2.05) is 28.9 Å². The van der Waals surface area contributed by atoms with Gasteiger partial charge in [-0.1, -0.05) is 30.1 Å². The molecule has 1 atom stereocenters. The van der Waals surface area contributed by atoms with E-state index in [4.69, 9.17) is 41.8 Å². The van der Waals surface area contributed by atoms with Gasteiger partial charge in [-0.05, 0) is 67.8 Å². The van der Waals surface area contributed by atoms with Crippen molar-refractivity contribution >= 4 is 54.8 Å². The molecule has 0 bridgehead atoms. The van der Waals surface area contributed by atoms with E-state index >= 15 is 0 Å². The molecule has 39 heavy (non-hydrogen) atoms. The predicted octanol–water partition coefficient (Wildman–Crippen LogP) is 5.36. The van der Waals surface area contributed by atoms with E-state index in [0.717, 1.165) is 0 Å². The summed E-state index contributed by atoms with van der Waals surface area (Å²) in [5.74, 6) is 1.06. The van der Waals surface area contributed by atoms with E-state index in [2.05, 4.69) is 0 Å². The maximum atomic E-state index is 11.3. The summed E-state index contributed by atoms with van der Waals surface area (Å²) in [6, 6.07) is 10.3. The van der Waals surface area contributed by atoms with Crippen LogP contribution in [0.2, 0.25) is 10.0 Å². The zero-order valence-corrected chi connectivity index (χ0v) is 24.1. The standard InChI is InChI=1S/C25H28Cl2N2O8S2/c1-2-17(13-24-28(9-3-11-38(30,31)32)20-15-18(26)5-7-22(20)36-24)14-25-29(10-4-12-39(33,34)35)21-16-19(27)6-8-23(21)37-25/h5-8,13-17H,2-4,9-12H2,1H3,(H,30,31,32)(H,33,34,35)/b24-13-,25-14+. The van der Waals surface area contributed by atoms with Gasteiger partial charge in [-0.15, -0.1) is 0 Å². The summed E-state index contributed by atoms with van der Waals surface area (Å²) in [6.45, 7) is 2.49. The lowest BCUT2D eigenvalue weighted by atomic mass is 10.1. The SMILES string of the molecule is CCC(/C=C1\Oc2ccc(Cl)cc2N1CCCS(=O)(=O)O)/C=C1/Oc2ccc(Cl)cc2N1CCCS(=O)(=O)O. The van der Waals surface area contributed by atoms with Crippen LogP contribution in [0.5, 0.6) is 11.5 Å². The highest BCUT2D eigenvalue weighted by molar-refractivity contribution is 7.86. The first kappa shape index (κ1) is 29.5. The summed E-state index contributed by atoms with van der Waals surface area (Å²) >= 11 is 12.4. The van der Waals surface area contributed by atoms with E-state index in [9.17, 15) is 16.8 Å². The molecule has 14 heteroatoms. The van der Waals surface area contributed by atoms with E-state index in [0.29, 0.717) is 51.1 Å². The molecule has 0 saturated heterocycles. The van der Waals surface area contributed by atoms with Gasteiger partial charge in [-0.2, -0.15) is 16.8 Å². The van der Waals surface area contributed by atoms with Crippen LogP contribution in [0.3, 0.4) is 0 Å². The number of anilines is 2. The Morgan fingerprint density at radius 2 is 1.21 bits per heavy atom. The second kappa shape index (κ2) is 11.9. The first-order valence-corrected chi connectivity index (χ1v) is 16.1. The fourth-order valence-corrected chi connectivity index (χ4v) is 5.64. The van der Waals surface area contributed by atoms with Crippen molar-refractivity contribution in [3.05, 3.63) is 70.4 Å². The average Bonchev–Trinajstić information content (AvgIpc) is 3.34. The average molecular weight is 620 g/mol. The zero-order chi connectivity index (χ0) is 28.4. The molecule has 2 heterocycles. The van der Waals surface area contributed by atoms with Crippen molar-refractivity contribution in [3.8, 4) is 11.5 Å². The van der Waals surface area contributed by atoms with Crippen molar-refractivity contribution in [2.75, 3.05) is 34.4 Å². The monoisotopic (exact) mass is 618 g/mol. The highest BCUT2D eigenvalue weighted by Crippen LogP contribution is 2.43. The number of nitrogens with zero attached hydrogens (tertiary/aromatic N) is 2. The van der Waals surface area contributed by atoms with Crippen LogP contribution in [-0.4, -0.2) is 50.5 Å². The molecular weight excluding hydrogens is 591 g/mol. The molecule has 2 N–H and O–H groups in total. The molecule has 0 amide bonds. The highest BCUT2D eigenvalue weighted by atomic mass is 35.5. The van der Waals surface area contributed by atoms with Gasteiger partial charge in [0.15, 0.2) is 23.3 Å². The molecule has 10 nitrogen and oxygen atoms in total. The van der Waals surface area contributed by atoms with Gasteiger partial charge >= 0.3 is 0 Å². The lowest BCUT2D eigenvalue weighted by molar-refractivity contribution is 0.421. The Balaban J connectivity index is 1.62. The normalized spacial score (nSPS) is 17.8. The van der Waals surface area contributed by atoms with E-state index in [1.54, 1.807) is 36.4 Å². The Hall–Kier alpha value is -2.48. The molecule has 2 aliphatic heterocycles. The number of rotatable bonds is 11. The summed E-state index contributed by atoms with van der Waals surface area (Å²) < 4.78 is 75.6. The van der Waals surface area contributed by atoms with Crippen LogP contribution in [0, 0.1) is 5.92 Å². The molecule has 212 valence electrons. The molecule has 0 aromatic heterocycles. The summed E-state index contributed by atoms with van der Waals surface area (Å²) in [5, 5.41) is 0.979.